The number of hydrogen-bond donors (Lipinski definition) is 0. The maximum atomic E-state index is 12.2. The summed E-state index contributed by atoms with van der Waals surface area (Å²) in [4.78, 5) is 12.2. The van der Waals surface area contributed by atoms with E-state index in [1.54, 1.807) is 0 Å². The Kier molecular flexibility index (Phi) is 5.88. The second-order valence-corrected chi connectivity index (χ2v) is 6.86. The highest BCUT2D eigenvalue weighted by molar-refractivity contribution is 6.01. The molecular weight excluding hydrogens is 318 g/mol. The van der Waals surface area contributed by atoms with Gasteiger partial charge in [0, 0.05) is 16.7 Å². The summed E-state index contributed by atoms with van der Waals surface area (Å²) in [5, 5.41) is 9.04. The molecule has 1 unspecified atom stereocenters. The highest BCUT2D eigenvalue weighted by Gasteiger charge is 2.26. The van der Waals surface area contributed by atoms with Gasteiger partial charge in [0.05, 0.1) is 6.07 Å². The molecule has 26 heavy (non-hydrogen) atoms. The van der Waals surface area contributed by atoms with Gasteiger partial charge in [-0.2, -0.15) is 5.26 Å². The number of carbonyl (C=O) groups is 1. The number of rotatable bonds is 4. The molecule has 0 radical (unpaired) electrons. The quantitative estimate of drug-likeness (QED) is 0.574. The minimum Gasteiger partial charge on any atom is -0.293 e. The summed E-state index contributed by atoms with van der Waals surface area (Å²) < 4.78 is 0. The second kappa shape index (κ2) is 8.50. The summed E-state index contributed by atoms with van der Waals surface area (Å²) in [7, 11) is 0. The molecule has 130 valence electrons. The van der Waals surface area contributed by atoms with Crippen molar-refractivity contribution in [1.82, 2.24) is 0 Å². The molecule has 1 aliphatic carbocycles. The van der Waals surface area contributed by atoms with Crippen LogP contribution in [0.25, 0.3) is 0 Å². The summed E-state index contributed by atoms with van der Waals surface area (Å²) in [6.07, 6.45) is 6.26. The van der Waals surface area contributed by atoms with Crippen molar-refractivity contribution in [1.29, 1.82) is 5.26 Å². The number of aryl methyl sites for hydroxylation is 2. The van der Waals surface area contributed by atoms with Crippen molar-refractivity contribution in [3.05, 3.63) is 70.3 Å². The Bertz CT molecular complexity index is 891. The van der Waals surface area contributed by atoms with Gasteiger partial charge < -0.3 is 0 Å². The summed E-state index contributed by atoms with van der Waals surface area (Å²) >= 11 is 0. The highest BCUT2D eigenvalue weighted by Crippen LogP contribution is 2.26. The standard InChI is InChI=1S/C24H23NO/c1-2-3-4-5-18-6-8-19(9-7-18)10-11-20-12-15-23-21(16-20)13-14-22(17-25)24(23)26/h6-9,12,15-16,22H,2-5,13-14H2,1H3. The van der Waals surface area contributed by atoms with Gasteiger partial charge in [0.2, 0.25) is 0 Å². The number of unbranched alkanes of at least 4 members (excludes halogenated alkanes) is 2. The topological polar surface area (TPSA) is 40.9 Å². The van der Waals surface area contributed by atoms with E-state index >= 15 is 0 Å². The first-order chi connectivity index (χ1) is 12.7. The molecule has 2 nitrogen and oxygen atoms in total. The van der Waals surface area contributed by atoms with Crippen LogP contribution in [0.4, 0.5) is 0 Å². The van der Waals surface area contributed by atoms with Gasteiger partial charge in [-0.15, -0.1) is 0 Å². The van der Waals surface area contributed by atoms with E-state index in [-0.39, 0.29) is 5.78 Å². The molecule has 2 heteroatoms. The Labute approximate surface area is 155 Å². The number of benzene rings is 2. The lowest BCUT2D eigenvalue weighted by molar-refractivity contribution is 0.0934. The number of Topliss-reactive ketones (excluding diaryl/α,β-unsaturated/α-hetero) is 1. The normalized spacial score (nSPS) is 15.5. The fraction of sp³-hybridized carbons (Fsp3) is 0.333. The third-order valence-electron chi connectivity index (χ3n) is 4.92. The number of carbonyl (C=O) groups excluding carboxylic acids is 1. The number of fused-ring (bicyclic) bond motifs is 1. The molecule has 2 aromatic rings. The average molecular weight is 341 g/mol. The molecule has 0 N–H and O–H groups in total. The third-order valence-corrected chi connectivity index (χ3v) is 4.92. The van der Waals surface area contributed by atoms with E-state index in [4.69, 9.17) is 5.26 Å². The van der Waals surface area contributed by atoms with Crippen molar-refractivity contribution in [3.63, 3.8) is 0 Å². The molecule has 0 fully saturated rings. The van der Waals surface area contributed by atoms with Crippen LogP contribution >= 0.6 is 0 Å². The fourth-order valence-corrected chi connectivity index (χ4v) is 3.34. The lowest BCUT2D eigenvalue weighted by Crippen LogP contribution is -2.21. The van der Waals surface area contributed by atoms with Gasteiger partial charge >= 0.3 is 0 Å². The van der Waals surface area contributed by atoms with Crippen LogP contribution in [0.3, 0.4) is 0 Å². The molecule has 1 atom stereocenters. The minimum atomic E-state index is -0.490. The molecule has 0 saturated heterocycles. The molecule has 0 aliphatic heterocycles. The molecule has 3 rings (SSSR count). The van der Waals surface area contributed by atoms with E-state index in [0.717, 1.165) is 29.5 Å². The van der Waals surface area contributed by atoms with Crippen LogP contribution in [0.15, 0.2) is 42.5 Å². The molecule has 0 saturated carbocycles. The number of nitriles is 1. The Morgan fingerprint density at radius 1 is 1.04 bits per heavy atom. The lowest BCUT2D eigenvalue weighted by Gasteiger charge is -2.18. The Morgan fingerprint density at radius 2 is 1.77 bits per heavy atom. The molecule has 0 bridgehead atoms. The van der Waals surface area contributed by atoms with Crippen LogP contribution in [0.2, 0.25) is 0 Å². The van der Waals surface area contributed by atoms with Crippen LogP contribution in [0.5, 0.6) is 0 Å². The molecule has 2 aromatic carbocycles. The fourth-order valence-electron chi connectivity index (χ4n) is 3.34. The van der Waals surface area contributed by atoms with Crippen LogP contribution in [0, 0.1) is 29.1 Å². The number of nitrogens with zero attached hydrogens (tertiary/aromatic N) is 1. The molecule has 0 aromatic heterocycles. The van der Waals surface area contributed by atoms with Crippen molar-refractivity contribution >= 4 is 5.78 Å². The summed E-state index contributed by atoms with van der Waals surface area (Å²) in [6, 6.07) is 16.3. The maximum Gasteiger partial charge on any atom is 0.180 e. The van der Waals surface area contributed by atoms with Crippen molar-refractivity contribution < 1.29 is 4.79 Å². The zero-order valence-electron chi connectivity index (χ0n) is 15.2. The third kappa shape index (κ3) is 4.22. The zero-order chi connectivity index (χ0) is 18.4. The highest BCUT2D eigenvalue weighted by atomic mass is 16.1. The Hall–Kier alpha value is -2.84. The van der Waals surface area contributed by atoms with Crippen molar-refractivity contribution in [2.75, 3.05) is 0 Å². The monoisotopic (exact) mass is 341 g/mol. The first-order valence-electron chi connectivity index (χ1n) is 9.39. The van der Waals surface area contributed by atoms with E-state index < -0.39 is 5.92 Å². The van der Waals surface area contributed by atoms with Gasteiger partial charge in [-0.1, -0.05) is 43.7 Å². The first-order valence-corrected chi connectivity index (χ1v) is 9.39. The largest absolute Gasteiger partial charge is 0.293 e. The predicted octanol–water partition coefficient (Wildman–Crippen LogP) is 5.09. The molecule has 0 amide bonds. The Morgan fingerprint density at radius 3 is 2.50 bits per heavy atom. The van der Waals surface area contributed by atoms with E-state index in [0.29, 0.717) is 12.0 Å². The van der Waals surface area contributed by atoms with Crippen LogP contribution in [-0.4, -0.2) is 5.78 Å². The van der Waals surface area contributed by atoms with Crippen molar-refractivity contribution in [2.45, 2.75) is 45.4 Å². The first kappa shape index (κ1) is 18.0. The lowest BCUT2D eigenvalue weighted by atomic mass is 9.83. The van der Waals surface area contributed by atoms with Gasteiger partial charge in [-0.3, -0.25) is 4.79 Å². The predicted molar refractivity (Wildman–Crippen MR) is 104 cm³/mol. The van der Waals surface area contributed by atoms with E-state index in [1.807, 2.05) is 18.2 Å². The SMILES string of the molecule is CCCCCc1ccc(C#Cc2ccc3c(c2)CCC(C#N)C3=O)cc1. The van der Waals surface area contributed by atoms with Crippen LogP contribution in [-0.2, 0) is 12.8 Å². The minimum absolute atomic E-state index is 0.0491. The van der Waals surface area contributed by atoms with Gasteiger partial charge in [0.1, 0.15) is 5.92 Å². The van der Waals surface area contributed by atoms with Crippen molar-refractivity contribution in [2.24, 2.45) is 5.92 Å². The molecular formula is C24H23NO. The van der Waals surface area contributed by atoms with Crippen LogP contribution < -0.4 is 0 Å². The number of hydrogen-bond acceptors (Lipinski definition) is 2. The van der Waals surface area contributed by atoms with Crippen molar-refractivity contribution in [3.8, 4) is 17.9 Å². The van der Waals surface area contributed by atoms with Crippen LogP contribution in [0.1, 0.15) is 65.2 Å². The molecule has 1 aliphatic rings. The summed E-state index contributed by atoms with van der Waals surface area (Å²) in [5.41, 5.74) is 4.98. The van der Waals surface area contributed by atoms with Gasteiger partial charge in [0.15, 0.2) is 5.78 Å². The van der Waals surface area contributed by atoms with Gasteiger partial charge in [0.25, 0.3) is 0 Å². The van der Waals surface area contributed by atoms with E-state index in [9.17, 15) is 4.79 Å². The number of ketones is 1. The second-order valence-electron chi connectivity index (χ2n) is 6.86. The summed E-state index contributed by atoms with van der Waals surface area (Å²) in [6.45, 7) is 2.22. The molecule has 0 spiro atoms. The van der Waals surface area contributed by atoms with Gasteiger partial charge in [-0.05, 0) is 67.1 Å². The smallest absolute Gasteiger partial charge is 0.180 e. The van der Waals surface area contributed by atoms with E-state index in [1.165, 1.54) is 24.8 Å². The summed E-state index contributed by atoms with van der Waals surface area (Å²) in [5.74, 6) is 5.86. The van der Waals surface area contributed by atoms with Gasteiger partial charge in [-0.25, -0.2) is 0 Å². The maximum absolute atomic E-state index is 12.2. The Balaban J connectivity index is 1.71. The zero-order valence-corrected chi connectivity index (χ0v) is 15.2. The van der Waals surface area contributed by atoms with E-state index in [2.05, 4.69) is 49.1 Å². The molecule has 0 heterocycles. The average Bonchev–Trinajstić information content (AvgIpc) is 2.68.